The third-order valence-corrected chi connectivity index (χ3v) is 21.8. The van der Waals surface area contributed by atoms with Crippen LogP contribution in [0.15, 0.2) is 0 Å². The van der Waals surface area contributed by atoms with E-state index in [0.29, 0.717) is 48.3 Å². The second-order valence-corrected chi connectivity index (χ2v) is 26.4. The lowest BCUT2D eigenvalue weighted by Gasteiger charge is -2.62. The molecular formula is C55H90O27. The largest absolute Gasteiger partial charge is 0.394 e. The van der Waals surface area contributed by atoms with E-state index in [4.69, 9.17) is 56.8 Å². The van der Waals surface area contributed by atoms with Gasteiger partial charge in [0.2, 0.25) is 0 Å². The zero-order valence-electron chi connectivity index (χ0n) is 46.8. The van der Waals surface area contributed by atoms with Gasteiger partial charge in [0.15, 0.2) is 37.2 Å². The molecule has 7 aliphatic heterocycles. The number of rotatable bonds is 13. The van der Waals surface area contributed by atoms with Crippen molar-refractivity contribution < 1.29 is 133 Å². The first-order chi connectivity index (χ1) is 39.0. The highest BCUT2D eigenvalue weighted by molar-refractivity contribution is 5.16. The van der Waals surface area contributed by atoms with E-state index in [-0.39, 0.29) is 22.9 Å². The van der Waals surface area contributed by atoms with Gasteiger partial charge in [0.1, 0.15) is 110 Å². The first-order valence-corrected chi connectivity index (χ1v) is 29.7. The van der Waals surface area contributed by atoms with E-state index in [9.17, 15) is 76.6 Å². The Morgan fingerprint density at radius 3 is 1.65 bits per heavy atom. The fraction of sp³-hybridized carbons (Fsp3) is 1.00. The number of aliphatic hydroxyl groups excluding tert-OH is 15. The minimum absolute atomic E-state index is 0.108. The molecule has 15 N–H and O–H groups in total. The monoisotopic (exact) mass is 1180 g/mol. The van der Waals surface area contributed by atoms with Crippen molar-refractivity contribution in [1.82, 2.24) is 0 Å². The molecule has 11 aliphatic rings. The topological polar surface area (TPSA) is 414 Å². The first-order valence-electron chi connectivity index (χ1n) is 29.7. The SMILES string of the molecule is C[C@@H]1CC[C@@]2(OC1)O[C@H]1C[C@H]3[C@@H]4CC[C@H]5C[C@@H](O[C@@H]6O[C@H](CO)[C@H](O[C@@H]7O[C@H](CO)[C@@H](O)[C@H](O[C@@H]8OC[C@@H](O)[C@H](O)[C@H]8O)[C@H]7O[C@@H]7O[C@H](CO)[C@@H](O)[C@H](O[C@@H]8OC[C@@H](O)[C@H](O)[C@H]8O)[C@H]7O)[C@H](O)[C@H]6O)[C@H](O)C[C@]5(C)[C@H]4CC[C@]3(C)[C@H]1[C@@H]2C. The van der Waals surface area contributed by atoms with E-state index in [1.807, 2.05) is 0 Å². The molecule has 1 spiro atoms. The Morgan fingerprint density at radius 2 is 1.02 bits per heavy atom. The van der Waals surface area contributed by atoms with Crippen LogP contribution in [0.3, 0.4) is 0 Å². The normalized spacial score (nSPS) is 57.9. The van der Waals surface area contributed by atoms with Gasteiger partial charge >= 0.3 is 0 Å². The van der Waals surface area contributed by atoms with Crippen LogP contribution in [0.5, 0.6) is 0 Å². The van der Waals surface area contributed by atoms with Crippen molar-refractivity contribution in [2.24, 2.45) is 52.3 Å². The van der Waals surface area contributed by atoms with Crippen LogP contribution in [-0.4, -0.2) is 282 Å². The molecule has 11 rings (SSSR count). The molecule has 7 saturated heterocycles. The number of hydrogen-bond acceptors (Lipinski definition) is 27. The molecule has 36 atom stereocenters. The van der Waals surface area contributed by atoms with E-state index in [0.717, 1.165) is 51.6 Å². The van der Waals surface area contributed by atoms with Gasteiger partial charge in [-0.15, -0.1) is 0 Å². The van der Waals surface area contributed by atoms with Gasteiger partial charge in [-0.2, -0.15) is 0 Å². The summed E-state index contributed by atoms with van der Waals surface area (Å²) in [7, 11) is 0. The van der Waals surface area contributed by atoms with Gasteiger partial charge < -0.3 is 133 Å². The first kappa shape index (κ1) is 62.5. The van der Waals surface area contributed by atoms with Gasteiger partial charge in [0.25, 0.3) is 0 Å². The van der Waals surface area contributed by atoms with Gasteiger partial charge in [0, 0.05) is 12.3 Å². The number of ether oxygens (including phenoxy) is 12. The fourth-order valence-corrected chi connectivity index (χ4v) is 17.1. The molecule has 0 aromatic heterocycles. The summed E-state index contributed by atoms with van der Waals surface area (Å²) in [6.07, 6.45) is -35.9. The van der Waals surface area contributed by atoms with Crippen LogP contribution in [-0.2, 0) is 56.8 Å². The molecule has 27 heteroatoms. The Hall–Kier alpha value is -1.08. The average Bonchev–Trinajstić information content (AvgIpc) is 3.61. The maximum absolute atomic E-state index is 12.0. The second-order valence-electron chi connectivity index (χ2n) is 26.4. The molecular weight excluding hydrogens is 1090 g/mol. The van der Waals surface area contributed by atoms with Crippen molar-refractivity contribution >= 4 is 0 Å². The maximum atomic E-state index is 12.0. The van der Waals surface area contributed by atoms with Crippen LogP contribution in [0.2, 0.25) is 0 Å². The molecule has 0 aromatic rings. The average molecular weight is 1180 g/mol. The third kappa shape index (κ3) is 10.9. The van der Waals surface area contributed by atoms with Gasteiger partial charge in [-0.1, -0.05) is 27.7 Å². The van der Waals surface area contributed by atoms with Crippen molar-refractivity contribution in [2.75, 3.05) is 39.6 Å². The van der Waals surface area contributed by atoms with Gasteiger partial charge in [-0.25, -0.2) is 0 Å². The minimum Gasteiger partial charge on any atom is -0.394 e. The van der Waals surface area contributed by atoms with E-state index >= 15 is 0 Å². The van der Waals surface area contributed by atoms with Crippen molar-refractivity contribution in [3.8, 4) is 0 Å². The molecule has 4 aliphatic carbocycles. The van der Waals surface area contributed by atoms with Crippen LogP contribution in [0.4, 0.5) is 0 Å². The summed E-state index contributed by atoms with van der Waals surface area (Å²) in [5.41, 5.74) is -0.111. The zero-order chi connectivity index (χ0) is 58.6. The summed E-state index contributed by atoms with van der Waals surface area (Å²) >= 11 is 0. The smallest absolute Gasteiger partial charge is 0.187 e. The summed E-state index contributed by atoms with van der Waals surface area (Å²) in [5, 5.41) is 165. The molecule has 472 valence electrons. The van der Waals surface area contributed by atoms with E-state index in [2.05, 4.69) is 27.7 Å². The summed E-state index contributed by atoms with van der Waals surface area (Å²) < 4.78 is 72.9. The van der Waals surface area contributed by atoms with Gasteiger partial charge in [0.05, 0.1) is 58.0 Å². The minimum atomic E-state index is -2.13. The Bertz CT molecular complexity index is 2130. The summed E-state index contributed by atoms with van der Waals surface area (Å²) in [6.45, 7) is 6.19. The molecule has 27 nitrogen and oxygen atoms in total. The van der Waals surface area contributed by atoms with Gasteiger partial charge in [-0.05, 0) is 97.7 Å². The molecule has 0 amide bonds. The highest BCUT2D eigenvalue weighted by atomic mass is 16.8. The number of fused-ring (bicyclic) bond motifs is 7. The van der Waals surface area contributed by atoms with Crippen LogP contribution in [0.1, 0.15) is 85.5 Å². The van der Waals surface area contributed by atoms with Crippen LogP contribution in [0, 0.1) is 52.3 Å². The molecule has 11 fully saturated rings. The van der Waals surface area contributed by atoms with Crippen molar-refractivity contribution in [3.05, 3.63) is 0 Å². The lowest BCUT2D eigenvalue weighted by molar-refractivity contribution is -0.409. The molecule has 0 unspecified atom stereocenters. The fourth-order valence-electron chi connectivity index (χ4n) is 17.1. The van der Waals surface area contributed by atoms with Crippen molar-refractivity contribution in [2.45, 2.75) is 251 Å². The highest BCUT2D eigenvalue weighted by Gasteiger charge is 2.70. The lowest BCUT2D eigenvalue weighted by Crippen LogP contribution is -2.69. The van der Waals surface area contributed by atoms with Crippen molar-refractivity contribution in [1.29, 1.82) is 0 Å². The molecule has 0 bridgehead atoms. The van der Waals surface area contributed by atoms with E-state index < -0.39 is 192 Å². The lowest BCUT2D eigenvalue weighted by atomic mass is 9.44. The van der Waals surface area contributed by atoms with Crippen LogP contribution < -0.4 is 0 Å². The maximum Gasteiger partial charge on any atom is 0.187 e. The van der Waals surface area contributed by atoms with Crippen molar-refractivity contribution in [3.63, 3.8) is 0 Å². The van der Waals surface area contributed by atoms with Crippen LogP contribution in [0.25, 0.3) is 0 Å². The Morgan fingerprint density at radius 1 is 0.463 bits per heavy atom. The number of hydrogen-bond donors (Lipinski definition) is 15. The highest BCUT2D eigenvalue weighted by Crippen LogP contribution is 2.71. The Balaban J connectivity index is 0.789. The quantitative estimate of drug-likeness (QED) is 0.0769. The summed E-state index contributed by atoms with van der Waals surface area (Å²) in [4.78, 5) is 0. The molecule has 0 radical (unpaired) electrons. The Labute approximate surface area is 475 Å². The number of aliphatic hydroxyl groups is 15. The standard InChI is InChI=1S/C55H90O27/c1-20-7-10-55(73-17-20)21(2)34-30(82-55)12-25-23-6-5-22-11-29(26(59)13-54(22,4)24(23)8-9-53(25,34)3)74-50-42(69)39(66)44(33(16-58)77-50)78-52-47(46(38(65)32(15-57)76-52)80-49-41(68)36(63)28(61)19-72-49)81-51-43(70)45(37(64)31(14-56)75-51)79-48-40(67)35(62)27(60)18-71-48/h20-52,56-70H,5-19H2,1-4H3/t20-,21+,22+,23-,24+,25+,26-,27-,28-,29-,30+,31-,32-,33-,34+,35+,36+,37-,38-,39-,40-,41-,42-,43-,44+,45+,46+,47-,48+,49+,50-,51+,52+,53+,54+,55-/m1/s1. The summed E-state index contributed by atoms with van der Waals surface area (Å²) in [5.74, 6) is 2.16. The third-order valence-electron chi connectivity index (χ3n) is 21.8. The van der Waals surface area contributed by atoms with Crippen LogP contribution >= 0.6 is 0 Å². The second kappa shape index (κ2) is 24.4. The van der Waals surface area contributed by atoms with E-state index in [1.165, 1.54) is 0 Å². The molecule has 7 heterocycles. The van der Waals surface area contributed by atoms with E-state index in [1.54, 1.807) is 0 Å². The molecule has 82 heavy (non-hydrogen) atoms. The Kier molecular flexibility index (Phi) is 18.6. The summed E-state index contributed by atoms with van der Waals surface area (Å²) in [6, 6.07) is 0. The predicted molar refractivity (Wildman–Crippen MR) is 270 cm³/mol. The predicted octanol–water partition coefficient (Wildman–Crippen LogP) is -4.84. The molecule has 0 aromatic carbocycles. The zero-order valence-corrected chi connectivity index (χ0v) is 46.8. The van der Waals surface area contributed by atoms with Gasteiger partial charge in [-0.3, -0.25) is 0 Å². The molecule has 4 saturated carbocycles.